The van der Waals surface area contributed by atoms with E-state index in [1.165, 1.54) is 5.56 Å². The fourth-order valence-corrected chi connectivity index (χ4v) is 3.02. The van der Waals surface area contributed by atoms with Gasteiger partial charge in [0.15, 0.2) is 11.9 Å². The van der Waals surface area contributed by atoms with Crippen LogP contribution < -0.4 is 9.64 Å². The first-order valence-corrected chi connectivity index (χ1v) is 8.56. The maximum Gasteiger partial charge on any atom is 0.186 e. The van der Waals surface area contributed by atoms with Gasteiger partial charge in [-0.05, 0) is 55.5 Å². The average molecular weight is 344 g/mol. The van der Waals surface area contributed by atoms with Crippen LogP contribution in [0.4, 0.5) is 5.69 Å². The third kappa shape index (κ3) is 3.02. The Balaban J connectivity index is 1.83. The van der Waals surface area contributed by atoms with Crippen molar-refractivity contribution >= 4 is 11.5 Å². The quantitative estimate of drug-likeness (QED) is 0.817. The first kappa shape index (κ1) is 16.2. The second-order valence-corrected chi connectivity index (χ2v) is 6.20. The number of allylic oxidation sites excluding steroid dienone is 4. The largest absolute Gasteiger partial charge is 0.497 e. The van der Waals surface area contributed by atoms with Gasteiger partial charge in [0.2, 0.25) is 0 Å². The van der Waals surface area contributed by atoms with E-state index < -0.39 is 0 Å². The standard InChI is InChI=1S/C22H20N2O2/c1-16-8-12-18(13-9-16)24-20-6-4-3-5-7-21(20)26-23-22(24)17-10-14-19(25-2)15-11-17/h3-15,21H,1-2H3. The van der Waals surface area contributed by atoms with Crippen molar-refractivity contribution in [1.29, 1.82) is 0 Å². The highest BCUT2D eigenvalue weighted by molar-refractivity contribution is 6.12. The Bertz CT molecular complexity index is 906. The number of hydrogen-bond acceptors (Lipinski definition) is 4. The third-order valence-corrected chi connectivity index (χ3v) is 4.43. The predicted molar refractivity (Wildman–Crippen MR) is 104 cm³/mol. The Morgan fingerprint density at radius 2 is 1.73 bits per heavy atom. The number of oxime groups is 1. The van der Waals surface area contributed by atoms with E-state index in [1.54, 1.807) is 7.11 Å². The molecule has 0 bridgehead atoms. The van der Waals surface area contributed by atoms with Gasteiger partial charge in [0.1, 0.15) is 5.75 Å². The SMILES string of the molecule is COc1ccc(C2=NOC3C=CC=CC=C3N2c2ccc(C)cc2)cc1. The normalized spacial score (nSPS) is 18.4. The van der Waals surface area contributed by atoms with E-state index in [4.69, 9.17) is 9.57 Å². The van der Waals surface area contributed by atoms with Crippen molar-refractivity contribution < 1.29 is 9.57 Å². The van der Waals surface area contributed by atoms with Gasteiger partial charge in [0.25, 0.3) is 0 Å². The highest BCUT2D eigenvalue weighted by Gasteiger charge is 2.31. The van der Waals surface area contributed by atoms with Gasteiger partial charge in [-0.2, -0.15) is 0 Å². The van der Waals surface area contributed by atoms with Gasteiger partial charge < -0.3 is 9.57 Å². The molecule has 2 aromatic rings. The topological polar surface area (TPSA) is 34.1 Å². The molecule has 0 fully saturated rings. The summed E-state index contributed by atoms with van der Waals surface area (Å²) in [5.74, 6) is 1.56. The van der Waals surface area contributed by atoms with Gasteiger partial charge in [-0.1, -0.05) is 41.1 Å². The van der Waals surface area contributed by atoms with Gasteiger partial charge in [-0.15, -0.1) is 0 Å². The molecule has 26 heavy (non-hydrogen) atoms. The first-order valence-electron chi connectivity index (χ1n) is 8.56. The summed E-state index contributed by atoms with van der Waals surface area (Å²) in [5, 5.41) is 4.44. The summed E-state index contributed by atoms with van der Waals surface area (Å²) < 4.78 is 5.27. The van der Waals surface area contributed by atoms with Gasteiger partial charge in [-0.3, -0.25) is 4.90 Å². The molecule has 2 aliphatic rings. The summed E-state index contributed by atoms with van der Waals surface area (Å²) in [6, 6.07) is 16.3. The van der Waals surface area contributed by atoms with E-state index in [0.717, 1.165) is 28.5 Å². The van der Waals surface area contributed by atoms with Crippen molar-refractivity contribution in [2.24, 2.45) is 5.16 Å². The molecule has 0 amide bonds. The minimum atomic E-state index is -0.215. The lowest BCUT2D eigenvalue weighted by Gasteiger charge is -2.34. The van der Waals surface area contributed by atoms with Crippen LogP contribution in [-0.2, 0) is 4.84 Å². The molecule has 0 saturated heterocycles. The number of aryl methyl sites for hydroxylation is 1. The van der Waals surface area contributed by atoms with Crippen LogP contribution in [0, 0.1) is 6.92 Å². The Kier molecular flexibility index (Phi) is 4.32. The molecule has 130 valence electrons. The zero-order chi connectivity index (χ0) is 17.9. The average Bonchev–Trinajstić information content (AvgIpc) is 2.93. The Morgan fingerprint density at radius 3 is 2.46 bits per heavy atom. The molecule has 1 heterocycles. The molecule has 4 rings (SSSR count). The molecule has 2 aromatic carbocycles. The van der Waals surface area contributed by atoms with Crippen molar-refractivity contribution in [3.05, 3.63) is 95.7 Å². The zero-order valence-electron chi connectivity index (χ0n) is 14.8. The molecule has 1 aliphatic carbocycles. The summed E-state index contributed by atoms with van der Waals surface area (Å²) in [4.78, 5) is 7.93. The van der Waals surface area contributed by atoms with Crippen molar-refractivity contribution in [3.8, 4) is 5.75 Å². The number of fused-ring (bicyclic) bond motifs is 1. The zero-order valence-corrected chi connectivity index (χ0v) is 14.8. The molecule has 1 unspecified atom stereocenters. The lowest BCUT2D eigenvalue weighted by molar-refractivity contribution is 0.108. The van der Waals surface area contributed by atoms with Crippen LogP contribution in [0.1, 0.15) is 11.1 Å². The number of benzene rings is 2. The van der Waals surface area contributed by atoms with E-state index in [0.29, 0.717) is 0 Å². The van der Waals surface area contributed by atoms with Gasteiger partial charge in [-0.25, -0.2) is 0 Å². The molecule has 4 nitrogen and oxygen atoms in total. The summed E-state index contributed by atoms with van der Waals surface area (Å²) in [6.07, 6.45) is 9.86. The summed E-state index contributed by atoms with van der Waals surface area (Å²) >= 11 is 0. The molecule has 0 N–H and O–H groups in total. The number of hydrogen-bond donors (Lipinski definition) is 0. The summed E-state index contributed by atoms with van der Waals surface area (Å²) in [6.45, 7) is 2.08. The Hall–Kier alpha value is -3.27. The van der Waals surface area contributed by atoms with Crippen molar-refractivity contribution in [2.75, 3.05) is 12.0 Å². The smallest absolute Gasteiger partial charge is 0.186 e. The first-order chi connectivity index (χ1) is 12.8. The van der Waals surface area contributed by atoms with E-state index in [9.17, 15) is 0 Å². The molecule has 4 heteroatoms. The van der Waals surface area contributed by atoms with Crippen LogP contribution in [0.25, 0.3) is 0 Å². The Labute approximate surface area is 153 Å². The number of nitrogens with zero attached hydrogens (tertiary/aromatic N) is 2. The minimum Gasteiger partial charge on any atom is -0.497 e. The van der Waals surface area contributed by atoms with E-state index in [1.807, 2.05) is 48.6 Å². The van der Waals surface area contributed by atoms with E-state index >= 15 is 0 Å². The van der Waals surface area contributed by atoms with Crippen molar-refractivity contribution in [1.82, 2.24) is 0 Å². The van der Waals surface area contributed by atoms with E-state index in [2.05, 4.69) is 47.3 Å². The van der Waals surface area contributed by atoms with Crippen LogP contribution >= 0.6 is 0 Å². The van der Waals surface area contributed by atoms with Gasteiger partial charge in [0, 0.05) is 11.3 Å². The summed E-state index contributed by atoms with van der Waals surface area (Å²) in [5.41, 5.74) is 4.26. The number of methoxy groups -OCH3 is 1. The van der Waals surface area contributed by atoms with Crippen LogP contribution in [-0.4, -0.2) is 19.0 Å². The summed E-state index contributed by atoms with van der Waals surface area (Å²) in [7, 11) is 1.66. The molecular formula is C22H20N2O2. The van der Waals surface area contributed by atoms with Gasteiger partial charge >= 0.3 is 0 Å². The van der Waals surface area contributed by atoms with Gasteiger partial charge in [0.05, 0.1) is 12.8 Å². The molecule has 1 aliphatic heterocycles. The lowest BCUT2D eigenvalue weighted by atomic mass is 10.1. The monoisotopic (exact) mass is 344 g/mol. The highest BCUT2D eigenvalue weighted by Crippen LogP contribution is 2.31. The highest BCUT2D eigenvalue weighted by atomic mass is 16.6. The fraction of sp³-hybridized carbons (Fsp3) is 0.136. The maximum atomic E-state index is 5.78. The molecule has 0 aromatic heterocycles. The number of amidine groups is 1. The molecule has 1 atom stereocenters. The number of rotatable bonds is 3. The van der Waals surface area contributed by atoms with E-state index in [-0.39, 0.29) is 6.10 Å². The Morgan fingerprint density at radius 1 is 0.962 bits per heavy atom. The molecular weight excluding hydrogens is 324 g/mol. The van der Waals surface area contributed by atoms with Crippen LogP contribution in [0.3, 0.4) is 0 Å². The number of anilines is 1. The third-order valence-electron chi connectivity index (χ3n) is 4.43. The van der Waals surface area contributed by atoms with Crippen molar-refractivity contribution in [3.63, 3.8) is 0 Å². The lowest BCUT2D eigenvalue weighted by Crippen LogP contribution is -2.40. The second-order valence-electron chi connectivity index (χ2n) is 6.20. The van der Waals surface area contributed by atoms with Crippen molar-refractivity contribution in [2.45, 2.75) is 13.0 Å². The second kappa shape index (κ2) is 6.92. The predicted octanol–water partition coefficient (Wildman–Crippen LogP) is 4.58. The maximum absolute atomic E-state index is 5.78. The molecule has 0 spiro atoms. The molecule has 0 saturated carbocycles. The van der Waals surface area contributed by atoms with Crippen LogP contribution in [0.15, 0.2) is 89.8 Å². The number of ether oxygens (including phenoxy) is 1. The fourth-order valence-electron chi connectivity index (χ4n) is 3.02. The molecule has 0 radical (unpaired) electrons. The van der Waals surface area contributed by atoms with Crippen LogP contribution in [0.5, 0.6) is 5.75 Å². The van der Waals surface area contributed by atoms with Crippen LogP contribution in [0.2, 0.25) is 0 Å². The minimum absolute atomic E-state index is 0.215.